The van der Waals surface area contributed by atoms with E-state index in [0.717, 1.165) is 35.1 Å². The molecule has 0 saturated carbocycles. The van der Waals surface area contributed by atoms with Crippen molar-refractivity contribution < 1.29 is 9.59 Å². The van der Waals surface area contributed by atoms with E-state index in [1.807, 2.05) is 48.2 Å². The number of carbonyl (C=O) groups is 2. The summed E-state index contributed by atoms with van der Waals surface area (Å²) in [6.07, 6.45) is 5.59. The molecule has 0 aliphatic carbocycles. The first-order chi connectivity index (χ1) is 19.2. The van der Waals surface area contributed by atoms with Gasteiger partial charge in [-0.3, -0.25) is 9.59 Å². The Morgan fingerprint density at radius 1 is 1.07 bits per heavy atom. The summed E-state index contributed by atoms with van der Waals surface area (Å²) >= 11 is 0. The van der Waals surface area contributed by atoms with Crippen LogP contribution in [0.5, 0.6) is 0 Å². The predicted octanol–water partition coefficient (Wildman–Crippen LogP) is 4.47. The first kappa shape index (κ1) is 28.4. The Balaban J connectivity index is 1.60. The Bertz CT molecular complexity index is 1480. The molecular formula is C30H36N8O2. The number of carbonyl (C=O) groups excluding carboxylic acids is 2. The molecule has 2 heterocycles. The molecule has 0 spiro atoms. The normalized spacial score (nSPS) is 12.6. The molecule has 0 atom stereocenters. The second-order valence-electron chi connectivity index (χ2n) is 9.91. The fourth-order valence-corrected chi connectivity index (χ4v) is 4.76. The van der Waals surface area contributed by atoms with Gasteiger partial charge < -0.3 is 15.2 Å². The van der Waals surface area contributed by atoms with Gasteiger partial charge in [0.05, 0.1) is 5.69 Å². The molecular weight excluding hydrogens is 504 g/mol. The van der Waals surface area contributed by atoms with Gasteiger partial charge in [-0.2, -0.15) is 5.10 Å². The Labute approximate surface area is 234 Å². The first-order valence-electron chi connectivity index (χ1n) is 13.4. The largest absolute Gasteiger partial charge is 0.387 e. The van der Waals surface area contributed by atoms with Crippen LogP contribution in [0.4, 0.5) is 5.69 Å². The summed E-state index contributed by atoms with van der Waals surface area (Å²) in [6.45, 7) is 11.2. The van der Waals surface area contributed by atoms with E-state index in [9.17, 15) is 9.59 Å². The Hall–Kier alpha value is -4.60. The average Bonchev–Trinajstić information content (AvgIpc) is 3.26. The number of nitrogens with two attached hydrogens (primary N) is 1. The number of aryl methyl sites for hydroxylation is 2. The van der Waals surface area contributed by atoms with Gasteiger partial charge in [-0.1, -0.05) is 38.1 Å². The van der Waals surface area contributed by atoms with Crippen LogP contribution >= 0.6 is 0 Å². The number of rotatable bonds is 10. The van der Waals surface area contributed by atoms with E-state index in [1.165, 1.54) is 5.01 Å². The molecule has 4 rings (SSSR count). The lowest BCUT2D eigenvalue weighted by Gasteiger charge is -2.22. The third kappa shape index (κ3) is 6.17. The number of hydrazone groups is 1. The molecule has 1 aliphatic rings. The van der Waals surface area contributed by atoms with Crippen molar-refractivity contribution in [2.75, 3.05) is 13.1 Å². The molecule has 10 heteroatoms. The van der Waals surface area contributed by atoms with Gasteiger partial charge in [0.1, 0.15) is 18.7 Å². The van der Waals surface area contributed by atoms with Crippen LogP contribution in [-0.4, -0.2) is 62.1 Å². The molecule has 0 saturated heterocycles. The van der Waals surface area contributed by atoms with E-state index in [1.54, 1.807) is 24.0 Å². The van der Waals surface area contributed by atoms with E-state index < -0.39 is 0 Å². The van der Waals surface area contributed by atoms with Crippen molar-refractivity contribution in [2.45, 2.75) is 46.6 Å². The van der Waals surface area contributed by atoms with Crippen LogP contribution in [0.15, 0.2) is 58.4 Å². The minimum Gasteiger partial charge on any atom is -0.387 e. The van der Waals surface area contributed by atoms with Crippen molar-refractivity contribution in [1.82, 2.24) is 24.7 Å². The SMILES string of the molecule is C=NN(Cc1nncn1C)C(=O)c1ccc(-c2ccc3c(c2)N=C(N)CC(C(=O)N(CCC)CCC)=C3)cc1C. The van der Waals surface area contributed by atoms with Crippen LogP contribution in [-0.2, 0) is 18.4 Å². The van der Waals surface area contributed by atoms with Crippen LogP contribution in [0, 0.1) is 6.92 Å². The highest BCUT2D eigenvalue weighted by Crippen LogP contribution is 2.33. The van der Waals surface area contributed by atoms with Gasteiger partial charge in [-0.25, -0.2) is 10.0 Å². The third-order valence-corrected chi connectivity index (χ3v) is 6.84. The third-order valence-electron chi connectivity index (χ3n) is 6.84. The summed E-state index contributed by atoms with van der Waals surface area (Å²) < 4.78 is 1.73. The molecule has 2 aromatic carbocycles. The number of hydrogen-bond donors (Lipinski definition) is 1. The van der Waals surface area contributed by atoms with Gasteiger partial charge in [0.2, 0.25) is 5.91 Å². The van der Waals surface area contributed by atoms with E-state index >= 15 is 0 Å². The standard InChI is InChI=1S/C30H36N8O2/c1-6-12-37(13-7-2)29(39)24-15-23-9-8-22(16-26(23)34-27(31)17-24)21-10-11-25(20(3)14-21)30(40)38(32-4)18-28-35-33-19-36(28)5/h8-11,14-16,19H,4,6-7,12-13,17-18H2,1-3,5H3,(H2,31,34). The van der Waals surface area contributed by atoms with E-state index in [0.29, 0.717) is 48.0 Å². The first-order valence-corrected chi connectivity index (χ1v) is 13.4. The lowest BCUT2D eigenvalue weighted by atomic mass is 9.97. The van der Waals surface area contributed by atoms with Crippen LogP contribution < -0.4 is 5.73 Å². The van der Waals surface area contributed by atoms with Gasteiger partial charge in [-0.05, 0) is 54.7 Å². The van der Waals surface area contributed by atoms with E-state index in [2.05, 4.69) is 40.9 Å². The summed E-state index contributed by atoms with van der Waals surface area (Å²) in [5, 5.41) is 13.1. The smallest absolute Gasteiger partial charge is 0.274 e. The van der Waals surface area contributed by atoms with Crippen molar-refractivity contribution >= 4 is 36.1 Å². The number of aliphatic imine (C=N–C) groups is 1. The number of amidine groups is 1. The highest BCUT2D eigenvalue weighted by Gasteiger charge is 2.22. The van der Waals surface area contributed by atoms with E-state index in [-0.39, 0.29) is 18.4 Å². The number of fused-ring (bicyclic) bond motifs is 1. The number of hydrogen-bond acceptors (Lipinski definition) is 7. The minimum absolute atomic E-state index is 0.0110. The molecule has 0 bridgehead atoms. The Morgan fingerprint density at radius 3 is 2.40 bits per heavy atom. The summed E-state index contributed by atoms with van der Waals surface area (Å²) in [4.78, 5) is 33.0. The second kappa shape index (κ2) is 12.5. The lowest BCUT2D eigenvalue weighted by Crippen LogP contribution is -2.34. The lowest BCUT2D eigenvalue weighted by molar-refractivity contribution is -0.127. The highest BCUT2D eigenvalue weighted by molar-refractivity contribution is 6.05. The van der Waals surface area contributed by atoms with Crippen molar-refractivity contribution in [3.8, 4) is 11.1 Å². The second-order valence-corrected chi connectivity index (χ2v) is 9.91. The van der Waals surface area contributed by atoms with Crippen molar-refractivity contribution in [1.29, 1.82) is 0 Å². The summed E-state index contributed by atoms with van der Waals surface area (Å²) in [6, 6.07) is 11.6. The fourth-order valence-electron chi connectivity index (χ4n) is 4.76. The molecule has 1 aromatic heterocycles. The number of amides is 2. The van der Waals surface area contributed by atoms with Gasteiger partial charge in [0, 0.05) is 50.0 Å². The molecule has 208 valence electrons. The van der Waals surface area contributed by atoms with Crippen molar-refractivity contribution in [3.05, 3.63) is 70.8 Å². The minimum atomic E-state index is -0.274. The molecule has 40 heavy (non-hydrogen) atoms. The van der Waals surface area contributed by atoms with Crippen LogP contribution in [0.2, 0.25) is 0 Å². The zero-order valence-corrected chi connectivity index (χ0v) is 23.6. The van der Waals surface area contributed by atoms with Crippen LogP contribution in [0.3, 0.4) is 0 Å². The van der Waals surface area contributed by atoms with Crippen molar-refractivity contribution in [2.24, 2.45) is 22.9 Å². The maximum absolute atomic E-state index is 13.3. The molecule has 2 amide bonds. The monoisotopic (exact) mass is 540 g/mol. The number of aromatic nitrogens is 3. The fraction of sp³-hybridized carbons (Fsp3) is 0.333. The topological polar surface area (TPSA) is 122 Å². The van der Waals surface area contributed by atoms with Gasteiger partial charge in [0.25, 0.3) is 5.91 Å². The molecule has 0 fully saturated rings. The summed E-state index contributed by atoms with van der Waals surface area (Å²) in [5.74, 6) is 0.739. The maximum Gasteiger partial charge on any atom is 0.274 e. The zero-order chi connectivity index (χ0) is 28.8. The Kier molecular flexibility index (Phi) is 8.88. The Morgan fingerprint density at radius 2 is 1.77 bits per heavy atom. The summed E-state index contributed by atoms with van der Waals surface area (Å²) in [5.41, 5.74) is 11.6. The van der Waals surface area contributed by atoms with Gasteiger partial charge in [-0.15, -0.1) is 10.2 Å². The molecule has 0 unspecified atom stereocenters. The zero-order valence-electron chi connectivity index (χ0n) is 23.6. The van der Waals surface area contributed by atoms with Crippen molar-refractivity contribution in [3.63, 3.8) is 0 Å². The van der Waals surface area contributed by atoms with E-state index in [4.69, 9.17) is 5.73 Å². The molecule has 2 N–H and O–H groups in total. The maximum atomic E-state index is 13.3. The molecule has 3 aromatic rings. The highest BCUT2D eigenvalue weighted by atomic mass is 16.2. The molecule has 0 radical (unpaired) electrons. The summed E-state index contributed by atoms with van der Waals surface area (Å²) in [7, 11) is 1.81. The number of benzene rings is 2. The van der Waals surface area contributed by atoms with Crippen LogP contribution in [0.25, 0.3) is 17.2 Å². The quantitative estimate of drug-likeness (QED) is 0.300. The molecule has 1 aliphatic heterocycles. The van der Waals surface area contributed by atoms with Crippen LogP contribution in [0.1, 0.15) is 60.4 Å². The number of nitrogens with zero attached hydrogens (tertiary/aromatic N) is 7. The molecule has 10 nitrogen and oxygen atoms in total. The van der Waals surface area contributed by atoms with Gasteiger partial charge >= 0.3 is 0 Å². The van der Waals surface area contributed by atoms with Gasteiger partial charge in [0.15, 0.2) is 5.82 Å². The predicted molar refractivity (Wildman–Crippen MR) is 158 cm³/mol. The average molecular weight is 541 g/mol.